The maximum atomic E-state index is 12.3. The summed E-state index contributed by atoms with van der Waals surface area (Å²) in [5.74, 6) is 0.887. The first-order valence-corrected chi connectivity index (χ1v) is 11.6. The van der Waals surface area contributed by atoms with Crippen LogP contribution in [-0.2, 0) is 10.0 Å². The van der Waals surface area contributed by atoms with Gasteiger partial charge in [-0.3, -0.25) is 4.90 Å². The van der Waals surface area contributed by atoms with E-state index in [0.717, 1.165) is 56.9 Å². The molecule has 0 atom stereocenters. The fourth-order valence-electron chi connectivity index (χ4n) is 3.50. The van der Waals surface area contributed by atoms with Gasteiger partial charge in [0.15, 0.2) is 0 Å². The molecule has 1 saturated heterocycles. The molecule has 2 aromatic carbocycles. The molecule has 0 radical (unpaired) electrons. The fourth-order valence-corrected chi connectivity index (χ4v) is 4.58. The van der Waals surface area contributed by atoms with Crippen molar-refractivity contribution in [3.63, 3.8) is 0 Å². The van der Waals surface area contributed by atoms with Crippen molar-refractivity contribution in [2.75, 3.05) is 51.3 Å². The number of aryl methyl sites for hydroxylation is 1. The molecule has 6 nitrogen and oxygen atoms in total. The molecule has 0 unspecified atom stereocenters. The molecule has 2 aromatic rings. The van der Waals surface area contributed by atoms with Crippen LogP contribution in [0.5, 0.6) is 5.75 Å². The lowest BCUT2D eigenvalue weighted by Gasteiger charge is -2.36. The molecule has 158 valence electrons. The van der Waals surface area contributed by atoms with E-state index in [1.165, 1.54) is 5.69 Å². The number of anilines is 1. The second-order valence-corrected chi connectivity index (χ2v) is 9.22. The van der Waals surface area contributed by atoms with Gasteiger partial charge in [-0.1, -0.05) is 23.8 Å². The summed E-state index contributed by atoms with van der Waals surface area (Å²) in [6.07, 6.45) is 1.82. The lowest BCUT2D eigenvalue weighted by Crippen LogP contribution is -2.46. The van der Waals surface area contributed by atoms with Crippen LogP contribution in [0.15, 0.2) is 53.4 Å². The van der Waals surface area contributed by atoms with Gasteiger partial charge in [0.2, 0.25) is 10.0 Å². The number of ether oxygens (including phenoxy) is 1. The van der Waals surface area contributed by atoms with Crippen molar-refractivity contribution in [1.82, 2.24) is 9.62 Å². The highest BCUT2D eigenvalue weighted by Gasteiger charge is 2.17. The summed E-state index contributed by atoms with van der Waals surface area (Å²) in [6, 6.07) is 15.1. The molecule has 1 heterocycles. The molecule has 29 heavy (non-hydrogen) atoms. The van der Waals surface area contributed by atoms with Crippen LogP contribution in [0.25, 0.3) is 0 Å². The van der Waals surface area contributed by atoms with Gasteiger partial charge >= 0.3 is 0 Å². The summed E-state index contributed by atoms with van der Waals surface area (Å²) >= 11 is 0. The zero-order chi connectivity index (χ0) is 20.7. The summed E-state index contributed by atoms with van der Waals surface area (Å²) in [7, 11) is -1.71. The number of nitrogens with one attached hydrogen (secondary N) is 1. The Kier molecular flexibility index (Phi) is 7.52. The number of benzene rings is 2. The summed E-state index contributed by atoms with van der Waals surface area (Å²) in [4.78, 5) is 5.16. The van der Waals surface area contributed by atoms with Crippen LogP contribution in [-0.4, -0.2) is 59.7 Å². The first kappa shape index (κ1) is 21.6. The van der Waals surface area contributed by atoms with Crippen molar-refractivity contribution in [2.24, 2.45) is 0 Å². The lowest BCUT2D eigenvalue weighted by atomic mass is 10.2. The third-order valence-electron chi connectivity index (χ3n) is 5.32. The number of nitrogens with zero attached hydrogens (tertiary/aromatic N) is 2. The Morgan fingerprint density at radius 2 is 1.72 bits per heavy atom. The molecule has 1 fully saturated rings. The van der Waals surface area contributed by atoms with Gasteiger partial charge < -0.3 is 9.64 Å². The van der Waals surface area contributed by atoms with E-state index in [-0.39, 0.29) is 0 Å². The zero-order valence-corrected chi connectivity index (χ0v) is 18.1. The number of sulfonamides is 1. The molecular formula is C22H31N3O3S. The third-order valence-corrected chi connectivity index (χ3v) is 6.79. The Morgan fingerprint density at radius 1 is 1.00 bits per heavy atom. The van der Waals surface area contributed by atoms with Crippen molar-refractivity contribution in [1.29, 1.82) is 0 Å². The topological polar surface area (TPSA) is 61.9 Å². The van der Waals surface area contributed by atoms with E-state index in [0.29, 0.717) is 11.4 Å². The van der Waals surface area contributed by atoms with E-state index in [1.54, 1.807) is 19.2 Å². The van der Waals surface area contributed by atoms with Gasteiger partial charge in [0.1, 0.15) is 5.75 Å². The van der Waals surface area contributed by atoms with Gasteiger partial charge in [-0.2, -0.15) is 0 Å². The maximum absolute atomic E-state index is 12.3. The van der Waals surface area contributed by atoms with Gasteiger partial charge in [0.25, 0.3) is 0 Å². The Hall–Kier alpha value is -2.09. The van der Waals surface area contributed by atoms with E-state index >= 15 is 0 Å². The Morgan fingerprint density at radius 3 is 2.41 bits per heavy atom. The van der Waals surface area contributed by atoms with Crippen molar-refractivity contribution >= 4 is 15.7 Å². The van der Waals surface area contributed by atoms with Crippen LogP contribution in [0.3, 0.4) is 0 Å². The van der Waals surface area contributed by atoms with E-state index in [4.69, 9.17) is 4.74 Å². The average molecular weight is 418 g/mol. The number of rotatable bonds is 9. The second kappa shape index (κ2) is 10.1. The average Bonchev–Trinajstić information content (AvgIpc) is 2.74. The normalized spacial score (nSPS) is 15.4. The molecule has 3 rings (SSSR count). The van der Waals surface area contributed by atoms with Gasteiger partial charge in [-0.25, -0.2) is 13.1 Å². The highest BCUT2D eigenvalue weighted by molar-refractivity contribution is 7.89. The van der Waals surface area contributed by atoms with Crippen LogP contribution in [0, 0.1) is 6.92 Å². The first-order chi connectivity index (χ1) is 14.0. The van der Waals surface area contributed by atoms with Crippen LogP contribution >= 0.6 is 0 Å². The lowest BCUT2D eigenvalue weighted by molar-refractivity contribution is 0.253. The Balaban J connectivity index is 1.35. The molecule has 0 aliphatic carbocycles. The van der Waals surface area contributed by atoms with Crippen molar-refractivity contribution in [3.8, 4) is 5.75 Å². The fraction of sp³-hybridized carbons (Fsp3) is 0.455. The number of hydrogen-bond donors (Lipinski definition) is 1. The monoisotopic (exact) mass is 417 g/mol. The molecule has 7 heteroatoms. The molecule has 0 saturated carbocycles. The predicted molar refractivity (Wildman–Crippen MR) is 117 cm³/mol. The summed E-state index contributed by atoms with van der Waals surface area (Å²) in [5, 5.41) is 0. The molecule has 1 aliphatic rings. The minimum Gasteiger partial charge on any atom is -0.497 e. The van der Waals surface area contributed by atoms with E-state index < -0.39 is 10.0 Å². The van der Waals surface area contributed by atoms with Crippen molar-refractivity contribution in [2.45, 2.75) is 24.7 Å². The number of methoxy groups -OCH3 is 1. The maximum Gasteiger partial charge on any atom is 0.240 e. The number of piperazine rings is 1. The molecular weight excluding hydrogens is 386 g/mol. The number of hydrogen-bond acceptors (Lipinski definition) is 5. The molecule has 1 N–H and O–H groups in total. The van der Waals surface area contributed by atoms with E-state index in [9.17, 15) is 8.42 Å². The first-order valence-electron chi connectivity index (χ1n) is 10.2. The van der Waals surface area contributed by atoms with Gasteiger partial charge in [-0.05, 0) is 50.6 Å². The standard InChI is InChI=1S/C22H31N3O3S/c1-19-8-10-22(11-9-19)29(26,27)23-12-3-4-13-24-14-16-25(17-15-24)20-6-5-7-21(18-20)28-2/h5-11,18,23H,3-4,12-17H2,1-2H3. The van der Waals surface area contributed by atoms with Gasteiger partial charge in [-0.15, -0.1) is 0 Å². The molecule has 0 amide bonds. The molecule has 1 aliphatic heterocycles. The van der Waals surface area contributed by atoms with Crippen molar-refractivity contribution < 1.29 is 13.2 Å². The smallest absolute Gasteiger partial charge is 0.240 e. The highest BCUT2D eigenvalue weighted by atomic mass is 32.2. The molecule has 0 aromatic heterocycles. The van der Waals surface area contributed by atoms with Crippen LogP contribution in [0.4, 0.5) is 5.69 Å². The predicted octanol–water partition coefficient (Wildman–Crippen LogP) is 2.88. The zero-order valence-electron chi connectivity index (χ0n) is 17.3. The summed E-state index contributed by atoms with van der Waals surface area (Å²) < 4.78 is 32.6. The van der Waals surface area contributed by atoms with Gasteiger partial charge in [0, 0.05) is 44.5 Å². The van der Waals surface area contributed by atoms with Crippen LogP contribution < -0.4 is 14.4 Å². The van der Waals surface area contributed by atoms with Gasteiger partial charge in [0.05, 0.1) is 12.0 Å². The SMILES string of the molecule is COc1cccc(N2CCN(CCCCNS(=O)(=O)c3ccc(C)cc3)CC2)c1. The van der Waals surface area contributed by atoms with Crippen molar-refractivity contribution in [3.05, 3.63) is 54.1 Å². The quantitative estimate of drug-likeness (QED) is 0.636. The Bertz CT molecular complexity index is 876. The molecule has 0 bridgehead atoms. The summed E-state index contributed by atoms with van der Waals surface area (Å²) in [5.41, 5.74) is 2.25. The largest absolute Gasteiger partial charge is 0.497 e. The second-order valence-electron chi connectivity index (χ2n) is 7.45. The molecule has 0 spiro atoms. The van der Waals surface area contributed by atoms with E-state index in [2.05, 4.69) is 26.7 Å². The van der Waals surface area contributed by atoms with Crippen LogP contribution in [0.2, 0.25) is 0 Å². The van der Waals surface area contributed by atoms with E-state index in [1.807, 2.05) is 31.2 Å². The minimum absolute atomic E-state index is 0.330. The number of unbranched alkanes of at least 4 members (excludes halogenated alkanes) is 1. The summed E-state index contributed by atoms with van der Waals surface area (Å²) in [6.45, 7) is 7.44. The Labute approximate surface area is 174 Å². The minimum atomic E-state index is -3.41. The third kappa shape index (κ3) is 6.19. The van der Waals surface area contributed by atoms with Crippen LogP contribution in [0.1, 0.15) is 18.4 Å². The highest BCUT2D eigenvalue weighted by Crippen LogP contribution is 2.22.